The van der Waals surface area contributed by atoms with Gasteiger partial charge in [-0.05, 0) is 35.7 Å². The molecule has 1 unspecified atom stereocenters. The van der Waals surface area contributed by atoms with Gasteiger partial charge in [0.2, 0.25) is 0 Å². The molecular weight excluding hydrogens is 250 g/mol. The maximum atomic E-state index is 12.2. The minimum Gasteiger partial charge on any atom is -0.480 e. The van der Waals surface area contributed by atoms with E-state index in [2.05, 4.69) is 18.3 Å². The van der Waals surface area contributed by atoms with Crippen molar-refractivity contribution in [3.63, 3.8) is 0 Å². The summed E-state index contributed by atoms with van der Waals surface area (Å²) in [5, 5.41) is 2.93. The SMILES string of the molecule is CCc1cccc(NC(=O)C2Cc3ccccc3O2)c1. The summed E-state index contributed by atoms with van der Waals surface area (Å²) >= 11 is 0. The van der Waals surface area contributed by atoms with Crippen molar-refractivity contribution in [2.24, 2.45) is 0 Å². The molecule has 20 heavy (non-hydrogen) atoms. The molecule has 1 atom stereocenters. The van der Waals surface area contributed by atoms with E-state index in [0.717, 1.165) is 23.4 Å². The van der Waals surface area contributed by atoms with E-state index < -0.39 is 6.10 Å². The van der Waals surface area contributed by atoms with Crippen molar-refractivity contribution in [1.82, 2.24) is 0 Å². The Balaban J connectivity index is 1.69. The van der Waals surface area contributed by atoms with Crippen LogP contribution in [0.2, 0.25) is 0 Å². The normalized spacial score (nSPS) is 16.4. The summed E-state index contributed by atoms with van der Waals surface area (Å²) < 4.78 is 5.69. The molecule has 3 heteroatoms. The highest BCUT2D eigenvalue weighted by Gasteiger charge is 2.28. The van der Waals surface area contributed by atoms with Gasteiger partial charge in [0.1, 0.15) is 5.75 Å². The molecule has 1 N–H and O–H groups in total. The number of hydrogen-bond acceptors (Lipinski definition) is 2. The number of benzene rings is 2. The average molecular weight is 267 g/mol. The molecule has 0 fully saturated rings. The van der Waals surface area contributed by atoms with E-state index in [0.29, 0.717) is 6.42 Å². The van der Waals surface area contributed by atoms with Gasteiger partial charge in [-0.1, -0.05) is 37.3 Å². The minimum absolute atomic E-state index is 0.0885. The molecule has 0 bridgehead atoms. The summed E-state index contributed by atoms with van der Waals surface area (Å²) in [7, 11) is 0. The van der Waals surface area contributed by atoms with Crippen LogP contribution in [0.3, 0.4) is 0 Å². The van der Waals surface area contributed by atoms with Crippen LogP contribution < -0.4 is 10.1 Å². The molecule has 0 saturated heterocycles. The molecule has 0 radical (unpaired) electrons. The summed E-state index contributed by atoms with van der Waals surface area (Å²) in [4.78, 5) is 12.2. The lowest BCUT2D eigenvalue weighted by molar-refractivity contribution is -0.122. The highest BCUT2D eigenvalue weighted by molar-refractivity contribution is 5.95. The maximum absolute atomic E-state index is 12.2. The summed E-state index contributed by atoms with van der Waals surface area (Å²) in [6.45, 7) is 2.09. The first-order valence-electron chi connectivity index (χ1n) is 6.90. The smallest absolute Gasteiger partial charge is 0.265 e. The number of nitrogens with one attached hydrogen (secondary N) is 1. The molecule has 1 amide bonds. The van der Waals surface area contributed by atoms with Crippen molar-refractivity contribution >= 4 is 11.6 Å². The molecular formula is C17H17NO2. The molecule has 3 nitrogen and oxygen atoms in total. The standard InChI is InChI=1S/C17H17NO2/c1-2-12-6-5-8-14(10-12)18-17(19)16-11-13-7-3-4-9-15(13)20-16/h3-10,16H,2,11H2,1H3,(H,18,19). The summed E-state index contributed by atoms with van der Waals surface area (Å²) in [5.41, 5.74) is 3.13. The van der Waals surface area contributed by atoms with E-state index in [9.17, 15) is 4.79 Å². The Morgan fingerprint density at radius 2 is 2.10 bits per heavy atom. The molecule has 102 valence electrons. The summed E-state index contributed by atoms with van der Waals surface area (Å²) in [6.07, 6.45) is 1.16. The number of fused-ring (bicyclic) bond motifs is 1. The molecule has 3 rings (SSSR count). The van der Waals surface area contributed by atoms with Gasteiger partial charge >= 0.3 is 0 Å². The number of aryl methyl sites for hydroxylation is 1. The Labute approximate surface area is 118 Å². The van der Waals surface area contributed by atoms with Crippen LogP contribution in [0.5, 0.6) is 5.75 Å². The van der Waals surface area contributed by atoms with Crippen molar-refractivity contribution in [1.29, 1.82) is 0 Å². The molecule has 1 aliphatic rings. The second-order valence-electron chi connectivity index (χ2n) is 4.96. The van der Waals surface area contributed by atoms with Gasteiger partial charge in [0.25, 0.3) is 5.91 Å². The van der Waals surface area contributed by atoms with Gasteiger partial charge in [-0.15, -0.1) is 0 Å². The van der Waals surface area contributed by atoms with Crippen LogP contribution in [0.4, 0.5) is 5.69 Å². The lowest BCUT2D eigenvalue weighted by Crippen LogP contribution is -2.31. The summed E-state index contributed by atoms with van der Waals surface area (Å²) in [6, 6.07) is 15.7. The first kappa shape index (κ1) is 12.7. The molecule has 1 heterocycles. The monoisotopic (exact) mass is 267 g/mol. The Kier molecular flexibility index (Phi) is 3.42. The fourth-order valence-corrected chi connectivity index (χ4v) is 2.42. The largest absolute Gasteiger partial charge is 0.480 e. The third kappa shape index (κ3) is 2.52. The lowest BCUT2D eigenvalue weighted by Gasteiger charge is -2.12. The Bertz CT molecular complexity index is 611. The van der Waals surface area contributed by atoms with Crippen LogP contribution in [-0.4, -0.2) is 12.0 Å². The number of carbonyl (C=O) groups excluding carboxylic acids is 1. The van der Waals surface area contributed by atoms with Gasteiger partial charge in [-0.3, -0.25) is 4.79 Å². The van der Waals surface area contributed by atoms with Crippen LogP contribution in [0.25, 0.3) is 0 Å². The molecule has 0 aromatic heterocycles. The van der Waals surface area contributed by atoms with E-state index >= 15 is 0 Å². The van der Waals surface area contributed by atoms with Crippen LogP contribution >= 0.6 is 0 Å². The lowest BCUT2D eigenvalue weighted by atomic mass is 10.1. The predicted molar refractivity (Wildman–Crippen MR) is 79.0 cm³/mol. The Morgan fingerprint density at radius 3 is 2.90 bits per heavy atom. The van der Waals surface area contributed by atoms with E-state index in [1.807, 2.05) is 42.5 Å². The van der Waals surface area contributed by atoms with Crippen LogP contribution in [0.15, 0.2) is 48.5 Å². The van der Waals surface area contributed by atoms with Crippen molar-refractivity contribution in [3.05, 3.63) is 59.7 Å². The number of ether oxygens (including phenoxy) is 1. The zero-order chi connectivity index (χ0) is 13.9. The van der Waals surface area contributed by atoms with Gasteiger partial charge < -0.3 is 10.1 Å². The highest BCUT2D eigenvalue weighted by Crippen LogP contribution is 2.28. The van der Waals surface area contributed by atoms with Crippen LogP contribution in [-0.2, 0) is 17.6 Å². The second kappa shape index (κ2) is 5.37. The zero-order valence-electron chi connectivity index (χ0n) is 11.4. The molecule has 1 aliphatic heterocycles. The van der Waals surface area contributed by atoms with E-state index in [1.54, 1.807) is 0 Å². The van der Waals surface area contributed by atoms with Gasteiger partial charge in [0.15, 0.2) is 6.10 Å². The summed E-state index contributed by atoms with van der Waals surface area (Å²) in [5.74, 6) is 0.726. The zero-order valence-corrected chi connectivity index (χ0v) is 11.4. The van der Waals surface area contributed by atoms with Crippen LogP contribution in [0, 0.1) is 0 Å². The van der Waals surface area contributed by atoms with Crippen molar-refractivity contribution < 1.29 is 9.53 Å². The first-order chi connectivity index (χ1) is 9.76. The third-order valence-corrected chi connectivity index (χ3v) is 3.54. The first-order valence-corrected chi connectivity index (χ1v) is 6.90. The van der Waals surface area contributed by atoms with E-state index in [4.69, 9.17) is 4.74 Å². The highest BCUT2D eigenvalue weighted by atomic mass is 16.5. The van der Waals surface area contributed by atoms with Crippen molar-refractivity contribution in [2.45, 2.75) is 25.9 Å². The second-order valence-corrected chi connectivity index (χ2v) is 4.96. The molecule has 2 aromatic carbocycles. The minimum atomic E-state index is -0.433. The fraction of sp³-hybridized carbons (Fsp3) is 0.235. The average Bonchev–Trinajstić information content (AvgIpc) is 2.91. The number of hydrogen-bond donors (Lipinski definition) is 1. The van der Waals surface area contributed by atoms with Crippen molar-refractivity contribution in [3.8, 4) is 5.75 Å². The number of rotatable bonds is 3. The predicted octanol–water partition coefficient (Wildman–Crippen LogP) is 3.19. The Hall–Kier alpha value is -2.29. The Morgan fingerprint density at radius 1 is 1.25 bits per heavy atom. The van der Waals surface area contributed by atoms with Crippen LogP contribution in [0.1, 0.15) is 18.1 Å². The molecule has 0 spiro atoms. The molecule has 0 saturated carbocycles. The van der Waals surface area contributed by atoms with Gasteiger partial charge in [0, 0.05) is 12.1 Å². The number of anilines is 1. The number of carbonyl (C=O) groups is 1. The van der Waals surface area contributed by atoms with Gasteiger partial charge in [0.05, 0.1) is 0 Å². The molecule has 2 aromatic rings. The number of para-hydroxylation sites is 1. The topological polar surface area (TPSA) is 38.3 Å². The molecule has 0 aliphatic carbocycles. The van der Waals surface area contributed by atoms with E-state index in [1.165, 1.54) is 5.56 Å². The fourth-order valence-electron chi connectivity index (χ4n) is 2.42. The van der Waals surface area contributed by atoms with E-state index in [-0.39, 0.29) is 5.91 Å². The third-order valence-electron chi connectivity index (χ3n) is 3.54. The van der Waals surface area contributed by atoms with Crippen molar-refractivity contribution in [2.75, 3.05) is 5.32 Å². The van der Waals surface area contributed by atoms with Gasteiger partial charge in [-0.25, -0.2) is 0 Å². The quantitative estimate of drug-likeness (QED) is 0.927. The number of amides is 1. The van der Waals surface area contributed by atoms with Gasteiger partial charge in [-0.2, -0.15) is 0 Å². The maximum Gasteiger partial charge on any atom is 0.265 e.